The van der Waals surface area contributed by atoms with E-state index in [1.165, 1.54) is 4.88 Å². The Balaban J connectivity index is 1.78. The van der Waals surface area contributed by atoms with E-state index in [0.717, 1.165) is 26.1 Å². The number of rotatable bonds is 6. The summed E-state index contributed by atoms with van der Waals surface area (Å²) in [7, 11) is 0. The Bertz CT molecular complexity index is 469. The first-order chi connectivity index (χ1) is 10.5. The number of nitrogens with one attached hydrogen (secondary N) is 2. The van der Waals surface area contributed by atoms with Gasteiger partial charge in [-0.3, -0.25) is 0 Å². The third kappa shape index (κ3) is 4.64. The monoisotopic (exact) mass is 342 g/mol. The Kier molecular flexibility index (Phi) is 6.17. The van der Waals surface area contributed by atoms with Gasteiger partial charge in [0.1, 0.15) is 0 Å². The molecule has 0 radical (unpaired) electrons. The van der Waals surface area contributed by atoms with Gasteiger partial charge < -0.3 is 15.4 Å². The zero-order valence-corrected chi connectivity index (χ0v) is 15.2. The SMILES string of the molecule is CSC1(CNC(=O)NCC(C)(C)c2cccs2)CCOCC1. The number of hydrogen-bond donors (Lipinski definition) is 2. The number of thiophene rings is 1. The molecule has 2 N–H and O–H groups in total. The summed E-state index contributed by atoms with van der Waals surface area (Å²) >= 11 is 3.57. The lowest BCUT2D eigenvalue weighted by Gasteiger charge is -2.35. The van der Waals surface area contributed by atoms with Crippen molar-refractivity contribution < 1.29 is 9.53 Å². The molecule has 2 heterocycles. The van der Waals surface area contributed by atoms with E-state index in [1.807, 2.05) is 11.8 Å². The van der Waals surface area contributed by atoms with Gasteiger partial charge in [-0.15, -0.1) is 11.3 Å². The first-order valence-corrected chi connectivity index (χ1v) is 9.76. The summed E-state index contributed by atoms with van der Waals surface area (Å²) < 4.78 is 5.55. The molecule has 0 atom stereocenters. The second kappa shape index (κ2) is 7.70. The molecule has 0 saturated carbocycles. The standard InChI is InChI=1S/C16H26N2O2S2/c1-15(2,13-5-4-10-22-13)11-17-14(19)18-12-16(21-3)6-8-20-9-7-16/h4-5,10H,6-9,11-12H2,1-3H3,(H2,17,18,19). The largest absolute Gasteiger partial charge is 0.381 e. The molecule has 2 amide bonds. The molecule has 1 aliphatic rings. The number of amides is 2. The molecule has 22 heavy (non-hydrogen) atoms. The Morgan fingerprint density at radius 3 is 2.73 bits per heavy atom. The van der Waals surface area contributed by atoms with E-state index in [0.29, 0.717) is 13.1 Å². The van der Waals surface area contributed by atoms with Crippen molar-refractivity contribution in [1.29, 1.82) is 0 Å². The van der Waals surface area contributed by atoms with Crippen LogP contribution in [0.4, 0.5) is 4.79 Å². The Morgan fingerprint density at radius 2 is 2.14 bits per heavy atom. The van der Waals surface area contributed by atoms with Crippen LogP contribution in [-0.2, 0) is 10.2 Å². The highest BCUT2D eigenvalue weighted by atomic mass is 32.2. The summed E-state index contributed by atoms with van der Waals surface area (Å²) in [5.41, 5.74) is -0.0403. The maximum Gasteiger partial charge on any atom is 0.314 e. The maximum atomic E-state index is 12.1. The van der Waals surface area contributed by atoms with Gasteiger partial charge in [-0.1, -0.05) is 19.9 Å². The first-order valence-electron chi connectivity index (χ1n) is 7.66. The highest BCUT2D eigenvalue weighted by Gasteiger charge is 2.32. The Morgan fingerprint density at radius 1 is 1.41 bits per heavy atom. The summed E-state index contributed by atoms with van der Waals surface area (Å²) in [6.07, 6.45) is 4.11. The molecule has 1 aromatic rings. The Hall–Kier alpha value is -0.720. The van der Waals surface area contributed by atoms with Crippen molar-refractivity contribution in [2.45, 2.75) is 36.9 Å². The van der Waals surface area contributed by atoms with Gasteiger partial charge in [0.2, 0.25) is 0 Å². The van der Waals surface area contributed by atoms with Gasteiger partial charge in [-0.25, -0.2) is 4.79 Å². The molecule has 1 aromatic heterocycles. The van der Waals surface area contributed by atoms with E-state index in [1.54, 1.807) is 11.3 Å². The summed E-state index contributed by atoms with van der Waals surface area (Å²) in [6.45, 7) is 7.21. The second-order valence-corrected chi connectivity index (χ2v) is 8.62. The van der Waals surface area contributed by atoms with Crippen molar-refractivity contribution in [3.63, 3.8) is 0 Å². The van der Waals surface area contributed by atoms with Crippen LogP contribution >= 0.6 is 23.1 Å². The van der Waals surface area contributed by atoms with Crippen LogP contribution in [0, 0.1) is 0 Å². The molecular weight excluding hydrogens is 316 g/mol. The average Bonchev–Trinajstić information content (AvgIpc) is 3.07. The zero-order valence-electron chi connectivity index (χ0n) is 13.6. The minimum atomic E-state index is -0.0791. The van der Waals surface area contributed by atoms with Gasteiger partial charge in [-0.2, -0.15) is 11.8 Å². The van der Waals surface area contributed by atoms with Crippen molar-refractivity contribution in [2.75, 3.05) is 32.6 Å². The maximum absolute atomic E-state index is 12.1. The van der Waals surface area contributed by atoms with Crippen molar-refractivity contribution >= 4 is 29.1 Å². The average molecular weight is 343 g/mol. The van der Waals surface area contributed by atoms with Crippen LogP contribution < -0.4 is 10.6 Å². The van der Waals surface area contributed by atoms with Crippen LogP contribution in [0.25, 0.3) is 0 Å². The minimum absolute atomic E-state index is 0.0403. The fraction of sp³-hybridized carbons (Fsp3) is 0.688. The third-order valence-corrected chi connectivity index (χ3v) is 6.94. The van der Waals surface area contributed by atoms with Crippen LogP contribution in [0.2, 0.25) is 0 Å². The summed E-state index contributed by atoms with van der Waals surface area (Å²) in [4.78, 5) is 13.4. The van der Waals surface area contributed by atoms with Crippen molar-refractivity contribution in [3.05, 3.63) is 22.4 Å². The molecule has 1 aliphatic heterocycles. The van der Waals surface area contributed by atoms with Crippen LogP contribution in [0.3, 0.4) is 0 Å². The molecule has 0 unspecified atom stereocenters. The molecule has 0 spiro atoms. The van der Waals surface area contributed by atoms with Crippen molar-refractivity contribution in [1.82, 2.24) is 10.6 Å². The van der Waals surface area contributed by atoms with Gasteiger partial charge in [-0.05, 0) is 30.5 Å². The fourth-order valence-electron chi connectivity index (χ4n) is 2.55. The minimum Gasteiger partial charge on any atom is -0.381 e. The quantitative estimate of drug-likeness (QED) is 0.834. The number of carbonyl (C=O) groups excluding carboxylic acids is 1. The van der Waals surface area contributed by atoms with Crippen LogP contribution in [0.1, 0.15) is 31.6 Å². The molecule has 0 aliphatic carbocycles. The normalized spacial score (nSPS) is 18.0. The fourth-order valence-corrected chi connectivity index (χ4v) is 4.20. The summed E-state index contributed by atoms with van der Waals surface area (Å²) in [5, 5.41) is 8.12. The van der Waals surface area contributed by atoms with Crippen molar-refractivity contribution in [2.24, 2.45) is 0 Å². The number of carbonyl (C=O) groups is 1. The zero-order chi connectivity index (χ0) is 16.1. The van der Waals surface area contributed by atoms with E-state index in [-0.39, 0.29) is 16.2 Å². The molecule has 124 valence electrons. The molecule has 1 fully saturated rings. The first kappa shape index (κ1) is 17.6. The van der Waals surface area contributed by atoms with Gasteiger partial charge in [0, 0.05) is 41.3 Å². The summed E-state index contributed by atoms with van der Waals surface area (Å²) in [6, 6.07) is 4.09. The number of urea groups is 1. The lowest BCUT2D eigenvalue weighted by molar-refractivity contribution is 0.0777. The van der Waals surface area contributed by atoms with Crippen molar-refractivity contribution in [3.8, 4) is 0 Å². The van der Waals surface area contributed by atoms with E-state index in [2.05, 4.69) is 48.2 Å². The van der Waals surface area contributed by atoms with Gasteiger partial charge in [0.05, 0.1) is 0 Å². The summed E-state index contributed by atoms with van der Waals surface area (Å²) in [5.74, 6) is 0. The van der Waals surface area contributed by atoms with E-state index in [9.17, 15) is 4.79 Å². The highest BCUT2D eigenvalue weighted by molar-refractivity contribution is 8.00. The predicted octanol–water partition coefficient (Wildman–Crippen LogP) is 3.24. The Labute approximate surface area is 141 Å². The third-order valence-electron chi connectivity index (χ3n) is 4.29. The van der Waals surface area contributed by atoms with Crippen LogP contribution in [-0.4, -0.2) is 43.3 Å². The predicted molar refractivity (Wildman–Crippen MR) is 95.0 cm³/mol. The topological polar surface area (TPSA) is 50.4 Å². The second-order valence-electron chi connectivity index (χ2n) is 6.40. The van der Waals surface area contributed by atoms with E-state index >= 15 is 0 Å². The number of hydrogen-bond acceptors (Lipinski definition) is 4. The molecule has 0 aromatic carbocycles. The van der Waals surface area contributed by atoms with Crippen LogP contribution in [0.15, 0.2) is 17.5 Å². The smallest absolute Gasteiger partial charge is 0.314 e. The molecule has 6 heteroatoms. The molecule has 2 rings (SSSR count). The molecule has 1 saturated heterocycles. The van der Waals surface area contributed by atoms with Gasteiger partial charge in [0.15, 0.2) is 0 Å². The van der Waals surface area contributed by atoms with Crippen LogP contribution in [0.5, 0.6) is 0 Å². The van der Waals surface area contributed by atoms with Gasteiger partial charge in [0.25, 0.3) is 0 Å². The lowest BCUT2D eigenvalue weighted by Crippen LogP contribution is -2.48. The molecular formula is C16H26N2O2S2. The van der Waals surface area contributed by atoms with E-state index in [4.69, 9.17) is 4.74 Å². The number of ether oxygens (including phenoxy) is 1. The highest BCUT2D eigenvalue weighted by Crippen LogP contribution is 2.33. The van der Waals surface area contributed by atoms with Gasteiger partial charge >= 0.3 is 6.03 Å². The lowest BCUT2D eigenvalue weighted by atomic mass is 9.91. The number of thioether (sulfide) groups is 1. The van der Waals surface area contributed by atoms with E-state index < -0.39 is 0 Å². The molecule has 0 bridgehead atoms. The molecule has 4 nitrogen and oxygen atoms in total.